The maximum atomic E-state index is 12.9. The summed E-state index contributed by atoms with van der Waals surface area (Å²) in [6.07, 6.45) is 6.44. The lowest BCUT2D eigenvalue weighted by molar-refractivity contribution is -0.137. The van der Waals surface area contributed by atoms with Crippen LogP contribution in [-0.4, -0.2) is 29.4 Å². The van der Waals surface area contributed by atoms with E-state index in [4.69, 9.17) is 5.73 Å². The molecule has 1 aromatic carbocycles. The number of hydrogen-bond acceptors (Lipinski definition) is 2. The fourth-order valence-electron chi connectivity index (χ4n) is 4.13. The Kier molecular flexibility index (Phi) is 4.53. The van der Waals surface area contributed by atoms with Crippen LogP contribution in [0.25, 0.3) is 0 Å². The Bertz CT molecular complexity index is 511. The molecule has 3 nitrogen and oxygen atoms in total. The molecule has 22 heavy (non-hydrogen) atoms. The van der Waals surface area contributed by atoms with E-state index in [0.717, 1.165) is 51.6 Å². The highest BCUT2D eigenvalue weighted by molar-refractivity contribution is 5.80. The average Bonchev–Trinajstić information content (AvgIpc) is 2.96. The monoisotopic (exact) mass is 300 g/mol. The number of rotatable bonds is 3. The van der Waals surface area contributed by atoms with Crippen LogP contribution in [0.3, 0.4) is 0 Å². The van der Waals surface area contributed by atoms with Crippen molar-refractivity contribution in [3.8, 4) is 0 Å². The summed E-state index contributed by atoms with van der Waals surface area (Å²) in [5, 5.41) is 0. The number of carbonyl (C=O) groups excluding carboxylic acids is 1. The third-order valence-electron chi connectivity index (χ3n) is 5.52. The van der Waals surface area contributed by atoms with E-state index < -0.39 is 0 Å². The van der Waals surface area contributed by atoms with Crippen LogP contribution in [0.15, 0.2) is 30.3 Å². The molecule has 1 heterocycles. The molecule has 3 atom stereocenters. The van der Waals surface area contributed by atoms with Gasteiger partial charge in [-0.25, -0.2) is 0 Å². The maximum absolute atomic E-state index is 12.9. The molecule has 2 aliphatic rings. The van der Waals surface area contributed by atoms with Crippen LogP contribution in [-0.2, 0) is 11.2 Å². The zero-order chi connectivity index (χ0) is 15.6. The normalized spacial score (nSPS) is 32.2. The van der Waals surface area contributed by atoms with Gasteiger partial charge in [-0.3, -0.25) is 4.79 Å². The molecule has 0 radical (unpaired) electrons. The van der Waals surface area contributed by atoms with Gasteiger partial charge in [0.05, 0.1) is 5.92 Å². The molecule has 0 aromatic heterocycles. The van der Waals surface area contributed by atoms with E-state index in [0.29, 0.717) is 11.8 Å². The van der Waals surface area contributed by atoms with Crippen molar-refractivity contribution in [2.75, 3.05) is 13.1 Å². The van der Waals surface area contributed by atoms with E-state index in [-0.39, 0.29) is 11.5 Å². The Morgan fingerprint density at radius 1 is 1.27 bits per heavy atom. The topological polar surface area (TPSA) is 46.3 Å². The Morgan fingerprint density at radius 2 is 2.05 bits per heavy atom. The fourth-order valence-corrected chi connectivity index (χ4v) is 4.13. The summed E-state index contributed by atoms with van der Waals surface area (Å²) in [7, 11) is 0. The molecule has 1 amide bonds. The summed E-state index contributed by atoms with van der Waals surface area (Å²) in [5.41, 5.74) is 7.47. The van der Waals surface area contributed by atoms with Crippen LogP contribution in [0, 0.1) is 11.8 Å². The maximum Gasteiger partial charge on any atom is 0.227 e. The minimum atomic E-state index is -0.313. The third-order valence-corrected chi connectivity index (χ3v) is 5.52. The van der Waals surface area contributed by atoms with Crippen molar-refractivity contribution in [2.45, 2.75) is 51.0 Å². The van der Waals surface area contributed by atoms with Gasteiger partial charge >= 0.3 is 0 Å². The minimum Gasteiger partial charge on any atom is -0.342 e. The Morgan fingerprint density at radius 3 is 2.77 bits per heavy atom. The highest BCUT2D eigenvalue weighted by atomic mass is 16.2. The molecule has 1 aliphatic carbocycles. The highest BCUT2D eigenvalue weighted by Gasteiger charge is 2.41. The van der Waals surface area contributed by atoms with Gasteiger partial charge < -0.3 is 10.6 Å². The molecular weight excluding hydrogens is 272 g/mol. The van der Waals surface area contributed by atoms with Crippen LogP contribution in [0.1, 0.15) is 44.6 Å². The molecule has 120 valence electrons. The molecule has 3 rings (SSSR count). The predicted molar refractivity (Wildman–Crippen MR) is 89.4 cm³/mol. The van der Waals surface area contributed by atoms with Crippen molar-refractivity contribution in [1.29, 1.82) is 0 Å². The first-order chi connectivity index (χ1) is 10.6. The lowest BCUT2D eigenvalue weighted by Crippen LogP contribution is -2.53. The van der Waals surface area contributed by atoms with Gasteiger partial charge in [-0.05, 0) is 44.1 Å². The van der Waals surface area contributed by atoms with E-state index in [1.807, 2.05) is 0 Å². The first-order valence-corrected chi connectivity index (χ1v) is 8.68. The van der Waals surface area contributed by atoms with Crippen molar-refractivity contribution >= 4 is 5.91 Å². The first-order valence-electron chi connectivity index (χ1n) is 8.68. The van der Waals surface area contributed by atoms with Gasteiger partial charge in [0, 0.05) is 18.6 Å². The number of amides is 1. The van der Waals surface area contributed by atoms with Crippen LogP contribution in [0.4, 0.5) is 0 Å². The van der Waals surface area contributed by atoms with Crippen molar-refractivity contribution in [3.63, 3.8) is 0 Å². The van der Waals surface area contributed by atoms with E-state index in [1.165, 1.54) is 5.56 Å². The summed E-state index contributed by atoms with van der Waals surface area (Å²) in [4.78, 5) is 14.9. The third kappa shape index (κ3) is 3.35. The van der Waals surface area contributed by atoms with Crippen molar-refractivity contribution in [1.82, 2.24) is 4.90 Å². The lowest BCUT2D eigenvalue weighted by Gasteiger charge is -2.39. The van der Waals surface area contributed by atoms with Crippen molar-refractivity contribution < 1.29 is 4.79 Å². The number of carbonyl (C=O) groups is 1. The summed E-state index contributed by atoms with van der Waals surface area (Å²) in [6, 6.07) is 10.6. The SMILES string of the molecule is CC1(N)CCCCC1C(=O)N1CCC(Cc2ccccc2)C1. The number of nitrogens with zero attached hydrogens (tertiary/aromatic N) is 1. The number of likely N-dealkylation sites (tertiary alicyclic amines) is 1. The zero-order valence-corrected chi connectivity index (χ0v) is 13.6. The second-order valence-electron chi connectivity index (χ2n) is 7.43. The van der Waals surface area contributed by atoms with Crippen LogP contribution in [0.5, 0.6) is 0 Å². The standard InChI is InChI=1S/C19H28N2O/c1-19(20)11-6-5-9-17(19)18(22)21-12-10-16(14-21)13-15-7-3-2-4-8-15/h2-4,7-8,16-17H,5-6,9-14,20H2,1H3. The molecule has 3 heteroatoms. The van der Waals surface area contributed by atoms with Gasteiger partial charge in [-0.15, -0.1) is 0 Å². The molecule has 2 fully saturated rings. The molecular formula is C19H28N2O. The van der Waals surface area contributed by atoms with E-state index >= 15 is 0 Å². The van der Waals surface area contributed by atoms with Gasteiger partial charge in [0.1, 0.15) is 0 Å². The second kappa shape index (κ2) is 6.41. The highest BCUT2D eigenvalue weighted by Crippen LogP contribution is 2.34. The van der Waals surface area contributed by atoms with Crippen LogP contribution in [0.2, 0.25) is 0 Å². The van der Waals surface area contributed by atoms with Crippen molar-refractivity contribution in [2.24, 2.45) is 17.6 Å². The lowest BCUT2D eigenvalue weighted by atomic mass is 9.74. The predicted octanol–water partition coefficient (Wildman–Crippen LogP) is 2.99. The minimum absolute atomic E-state index is 0.0247. The van der Waals surface area contributed by atoms with Gasteiger partial charge in [-0.2, -0.15) is 0 Å². The van der Waals surface area contributed by atoms with E-state index in [9.17, 15) is 4.79 Å². The molecule has 1 saturated carbocycles. The summed E-state index contributed by atoms with van der Waals surface area (Å²) < 4.78 is 0. The van der Waals surface area contributed by atoms with Crippen molar-refractivity contribution in [3.05, 3.63) is 35.9 Å². The van der Waals surface area contributed by atoms with E-state index in [2.05, 4.69) is 42.2 Å². The molecule has 0 spiro atoms. The summed E-state index contributed by atoms with van der Waals surface area (Å²) >= 11 is 0. The molecule has 3 unspecified atom stereocenters. The quantitative estimate of drug-likeness (QED) is 0.933. The average molecular weight is 300 g/mol. The van der Waals surface area contributed by atoms with Gasteiger partial charge in [-0.1, -0.05) is 43.2 Å². The fraction of sp³-hybridized carbons (Fsp3) is 0.632. The number of hydrogen-bond donors (Lipinski definition) is 1. The van der Waals surface area contributed by atoms with Gasteiger partial charge in [0.25, 0.3) is 0 Å². The Hall–Kier alpha value is -1.35. The molecule has 2 N–H and O–H groups in total. The molecule has 0 bridgehead atoms. The summed E-state index contributed by atoms with van der Waals surface area (Å²) in [5.74, 6) is 0.927. The van der Waals surface area contributed by atoms with Crippen LogP contribution >= 0.6 is 0 Å². The summed E-state index contributed by atoms with van der Waals surface area (Å²) in [6.45, 7) is 3.87. The Labute approximate surface area is 133 Å². The Balaban J connectivity index is 1.59. The molecule has 1 aliphatic heterocycles. The smallest absolute Gasteiger partial charge is 0.227 e. The number of benzene rings is 1. The second-order valence-corrected chi connectivity index (χ2v) is 7.43. The van der Waals surface area contributed by atoms with E-state index in [1.54, 1.807) is 0 Å². The first kappa shape index (κ1) is 15.5. The van der Waals surface area contributed by atoms with Crippen LogP contribution < -0.4 is 5.73 Å². The van der Waals surface area contributed by atoms with Gasteiger partial charge in [0.15, 0.2) is 0 Å². The zero-order valence-electron chi connectivity index (χ0n) is 13.6. The largest absolute Gasteiger partial charge is 0.342 e. The molecule has 1 saturated heterocycles. The molecule has 1 aromatic rings. The number of nitrogens with two attached hydrogens (primary N) is 1. The van der Waals surface area contributed by atoms with Gasteiger partial charge in [0.2, 0.25) is 5.91 Å².